The fourth-order valence-electron chi connectivity index (χ4n) is 2.84. The van der Waals surface area contributed by atoms with Gasteiger partial charge >= 0.3 is 5.97 Å². The van der Waals surface area contributed by atoms with Gasteiger partial charge in [0.15, 0.2) is 0 Å². The monoisotopic (exact) mass is 257 g/mol. The maximum atomic E-state index is 11.5. The van der Waals surface area contributed by atoms with Gasteiger partial charge in [0.05, 0.1) is 12.0 Å². The summed E-state index contributed by atoms with van der Waals surface area (Å²) in [6.45, 7) is 9.45. The highest BCUT2D eigenvalue weighted by Gasteiger charge is 2.41. The highest BCUT2D eigenvalue weighted by atomic mass is 16.5. The Bertz CT molecular complexity index is 260. The van der Waals surface area contributed by atoms with E-state index in [0.717, 1.165) is 52.0 Å². The van der Waals surface area contributed by atoms with Crippen LogP contribution in [0, 0.1) is 5.41 Å². The molecule has 1 fully saturated rings. The van der Waals surface area contributed by atoms with E-state index in [-0.39, 0.29) is 0 Å². The predicted molar refractivity (Wildman–Crippen MR) is 71.7 cm³/mol. The highest BCUT2D eigenvalue weighted by molar-refractivity contribution is 5.74. The second-order valence-corrected chi connectivity index (χ2v) is 5.38. The SMILES string of the molecule is CCCC1(C(=O)O)CCN(C(C)COCC)CC1. The first-order valence-electron chi connectivity index (χ1n) is 7.11. The van der Waals surface area contributed by atoms with Crippen LogP contribution >= 0.6 is 0 Å². The van der Waals surface area contributed by atoms with E-state index in [0.29, 0.717) is 6.04 Å². The van der Waals surface area contributed by atoms with Crippen molar-refractivity contribution in [3.05, 3.63) is 0 Å². The lowest BCUT2D eigenvalue weighted by Crippen LogP contribution is -2.48. The van der Waals surface area contributed by atoms with Crippen LogP contribution in [0.1, 0.15) is 46.5 Å². The number of ether oxygens (including phenoxy) is 1. The molecule has 1 atom stereocenters. The van der Waals surface area contributed by atoms with Gasteiger partial charge < -0.3 is 9.84 Å². The van der Waals surface area contributed by atoms with Crippen LogP contribution in [0.3, 0.4) is 0 Å². The third-order valence-corrected chi connectivity index (χ3v) is 4.12. The van der Waals surface area contributed by atoms with Crippen molar-refractivity contribution in [2.75, 3.05) is 26.3 Å². The Morgan fingerprint density at radius 2 is 2.00 bits per heavy atom. The van der Waals surface area contributed by atoms with Gasteiger partial charge in [-0.1, -0.05) is 13.3 Å². The zero-order valence-electron chi connectivity index (χ0n) is 11.9. The van der Waals surface area contributed by atoms with E-state index in [9.17, 15) is 9.90 Å². The number of nitrogens with zero attached hydrogens (tertiary/aromatic N) is 1. The fourth-order valence-corrected chi connectivity index (χ4v) is 2.84. The number of hydrogen-bond donors (Lipinski definition) is 1. The lowest BCUT2D eigenvalue weighted by molar-refractivity contribution is -0.153. The molecule has 4 nitrogen and oxygen atoms in total. The molecule has 0 radical (unpaired) electrons. The molecule has 0 aromatic heterocycles. The summed E-state index contributed by atoms with van der Waals surface area (Å²) < 4.78 is 5.44. The fraction of sp³-hybridized carbons (Fsp3) is 0.929. The van der Waals surface area contributed by atoms with Crippen LogP contribution in [0.25, 0.3) is 0 Å². The van der Waals surface area contributed by atoms with E-state index in [1.54, 1.807) is 0 Å². The summed E-state index contributed by atoms with van der Waals surface area (Å²) >= 11 is 0. The number of aliphatic carboxylic acids is 1. The van der Waals surface area contributed by atoms with E-state index in [2.05, 4.69) is 18.7 Å². The summed E-state index contributed by atoms with van der Waals surface area (Å²) in [4.78, 5) is 13.8. The molecule has 1 rings (SSSR count). The number of carbonyl (C=O) groups is 1. The molecular weight excluding hydrogens is 230 g/mol. The molecule has 1 aliphatic rings. The zero-order chi connectivity index (χ0) is 13.6. The Morgan fingerprint density at radius 1 is 1.39 bits per heavy atom. The Hall–Kier alpha value is -0.610. The van der Waals surface area contributed by atoms with E-state index < -0.39 is 11.4 Å². The second kappa shape index (κ2) is 7.10. The van der Waals surface area contributed by atoms with Crippen LogP contribution in [0.15, 0.2) is 0 Å². The minimum Gasteiger partial charge on any atom is -0.481 e. The average molecular weight is 257 g/mol. The number of rotatable bonds is 7. The molecule has 0 aromatic rings. The van der Waals surface area contributed by atoms with Crippen LogP contribution in [-0.4, -0.2) is 48.3 Å². The summed E-state index contributed by atoms with van der Waals surface area (Å²) in [5.74, 6) is -0.610. The first-order valence-corrected chi connectivity index (χ1v) is 7.11. The molecule has 18 heavy (non-hydrogen) atoms. The standard InChI is InChI=1S/C14H27NO3/c1-4-6-14(13(16)17)7-9-15(10-8-14)12(3)11-18-5-2/h12H,4-11H2,1-3H3,(H,16,17). The van der Waals surface area contributed by atoms with Crippen molar-refractivity contribution >= 4 is 5.97 Å². The summed E-state index contributed by atoms with van der Waals surface area (Å²) in [6, 6.07) is 0.387. The summed E-state index contributed by atoms with van der Waals surface area (Å²) in [6.07, 6.45) is 3.29. The number of hydrogen-bond acceptors (Lipinski definition) is 3. The maximum absolute atomic E-state index is 11.5. The van der Waals surface area contributed by atoms with Crippen molar-refractivity contribution in [3.8, 4) is 0 Å². The molecule has 0 aromatic carbocycles. The summed E-state index contributed by atoms with van der Waals surface area (Å²) in [7, 11) is 0. The van der Waals surface area contributed by atoms with E-state index in [1.807, 2.05) is 6.92 Å². The first kappa shape index (κ1) is 15.4. The predicted octanol–water partition coefficient (Wildman–Crippen LogP) is 2.38. The van der Waals surface area contributed by atoms with Crippen molar-refractivity contribution in [1.29, 1.82) is 0 Å². The van der Waals surface area contributed by atoms with Crippen molar-refractivity contribution in [3.63, 3.8) is 0 Å². The van der Waals surface area contributed by atoms with Gasteiger partial charge in [0.2, 0.25) is 0 Å². The van der Waals surface area contributed by atoms with Gasteiger partial charge in [-0.3, -0.25) is 9.69 Å². The van der Waals surface area contributed by atoms with Crippen LogP contribution < -0.4 is 0 Å². The minimum atomic E-state index is -0.610. The van der Waals surface area contributed by atoms with Gasteiger partial charge in [-0.25, -0.2) is 0 Å². The van der Waals surface area contributed by atoms with Crippen molar-refractivity contribution < 1.29 is 14.6 Å². The lowest BCUT2D eigenvalue weighted by Gasteiger charge is -2.41. The Morgan fingerprint density at radius 3 is 2.44 bits per heavy atom. The molecule has 1 aliphatic heterocycles. The lowest BCUT2D eigenvalue weighted by atomic mass is 9.75. The van der Waals surface area contributed by atoms with Crippen LogP contribution in [-0.2, 0) is 9.53 Å². The number of carboxylic acid groups (broad SMARTS) is 1. The Balaban J connectivity index is 2.50. The van der Waals surface area contributed by atoms with E-state index in [1.165, 1.54) is 0 Å². The van der Waals surface area contributed by atoms with E-state index in [4.69, 9.17) is 4.74 Å². The van der Waals surface area contributed by atoms with Crippen LogP contribution in [0.4, 0.5) is 0 Å². The van der Waals surface area contributed by atoms with Gasteiger partial charge in [-0.15, -0.1) is 0 Å². The van der Waals surface area contributed by atoms with E-state index >= 15 is 0 Å². The highest BCUT2D eigenvalue weighted by Crippen LogP contribution is 2.36. The molecule has 1 heterocycles. The van der Waals surface area contributed by atoms with Crippen molar-refractivity contribution in [2.24, 2.45) is 5.41 Å². The maximum Gasteiger partial charge on any atom is 0.309 e. The van der Waals surface area contributed by atoms with Crippen molar-refractivity contribution in [1.82, 2.24) is 4.90 Å². The Labute approximate surface area is 110 Å². The molecule has 1 N–H and O–H groups in total. The topological polar surface area (TPSA) is 49.8 Å². The van der Waals surface area contributed by atoms with Gasteiger partial charge in [0, 0.05) is 12.6 Å². The summed E-state index contributed by atoms with van der Waals surface area (Å²) in [5.41, 5.74) is -0.476. The molecule has 0 aliphatic carbocycles. The van der Waals surface area contributed by atoms with Crippen LogP contribution in [0.2, 0.25) is 0 Å². The van der Waals surface area contributed by atoms with Gasteiger partial charge in [-0.2, -0.15) is 0 Å². The van der Waals surface area contributed by atoms with Gasteiger partial charge in [-0.05, 0) is 46.2 Å². The molecule has 1 saturated heterocycles. The quantitative estimate of drug-likeness (QED) is 0.760. The van der Waals surface area contributed by atoms with Gasteiger partial charge in [0.1, 0.15) is 0 Å². The second-order valence-electron chi connectivity index (χ2n) is 5.38. The molecule has 0 saturated carbocycles. The Kier molecular flexibility index (Phi) is 6.09. The number of carboxylic acids is 1. The van der Waals surface area contributed by atoms with Gasteiger partial charge in [0.25, 0.3) is 0 Å². The number of likely N-dealkylation sites (tertiary alicyclic amines) is 1. The molecular formula is C14H27NO3. The normalized spacial score (nSPS) is 21.7. The molecule has 1 unspecified atom stereocenters. The number of piperidine rings is 1. The molecule has 106 valence electrons. The first-order chi connectivity index (χ1) is 8.55. The third-order valence-electron chi connectivity index (χ3n) is 4.12. The largest absolute Gasteiger partial charge is 0.481 e. The molecule has 0 amide bonds. The minimum absolute atomic E-state index is 0.387. The average Bonchev–Trinajstić information content (AvgIpc) is 2.37. The van der Waals surface area contributed by atoms with Crippen LogP contribution in [0.5, 0.6) is 0 Å². The smallest absolute Gasteiger partial charge is 0.309 e. The molecule has 4 heteroatoms. The van der Waals surface area contributed by atoms with Crippen molar-refractivity contribution in [2.45, 2.75) is 52.5 Å². The zero-order valence-corrected chi connectivity index (χ0v) is 11.9. The molecule has 0 bridgehead atoms. The third kappa shape index (κ3) is 3.69. The molecule has 0 spiro atoms. The summed E-state index contributed by atoms with van der Waals surface area (Å²) in [5, 5.41) is 9.44.